The minimum atomic E-state index is -0.295. The number of nitriles is 1. The molecule has 1 aromatic heterocycles. The first-order valence-corrected chi connectivity index (χ1v) is 9.78. The third-order valence-electron chi connectivity index (χ3n) is 4.67. The van der Waals surface area contributed by atoms with Crippen molar-refractivity contribution in [3.8, 4) is 17.5 Å². The van der Waals surface area contributed by atoms with Crippen LogP contribution in [0.15, 0.2) is 84.9 Å². The van der Waals surface area contributed by atoms with Crippen molar-refractivity contribution >= 4 is 11.6 Å². The van der Waals surface area contributed by atoms with E-state index in [-0.39, 0.29) is 5.91 Å². The molecule has 0 saturated heterocycles. The van der Waals surface area contributed by atoms with Crippen molar-refractivity contribution in [2.24, 2.45) is 0 Å². The van der Waals surface area contributed by atoms with E-state index in [1.165, 1.54) is 0 Å². The summed E-state index contributed by atoms with van der Waals surface area (Å²) in [5.41, 5.74) is 4.20. The molecule has 0 spiro atoms. The number of rotatable bonds is 6. The fourth-order valence-corrected chi connectivity index (χ4v) is 3.17. The van der Waals surface area contributed by atoms with Gasteiger partial charge in [0, 0.05) is 17.4 Å². The highest BCUT2D eigenvalue weighted by molar-refractivity contribution is 6.03. The molecular formula is C25H20N4O2. The molecule has 0 radical (unpaired) electrons. The zero-order valence-electron chi connectivity index (χ0n) is 16.9. The molecule has 0 atom stereocenters. The van der Waals surface area contributed by atoms with Gasteiger partial charge >= 0.3 is 0 Å². The van der Waals surface area contributed by atoms with Crippen LogP contribution in [0.1, 0.15) is 27.3 Å². The second-order valence-corrected chi connectivity index (χ2v) is 7.00. The van der Waals surface area contributed by atoms with Crippen LogP contribution in [0.4, 0.5) is 5.69 Å². The summed E-state index contributed by atoms with van der Waals surface area (Å²) in [6.07, 6.45) is 0. The number of carbonyl (C=O) groups is 1. The third kappa shape index (κ3) is 4.80. The molecule has 0 bridgehead atoms. The average molecular weight is 408 g/mol. The molecule has 4 rings (SSSR count). The minimum absolute atomic E-state index is 0.295. The number of ether oxygens (including phenoxy) is 1. The fourth-order valence-electron chi connectivity index (χ4n) is 3.17. The molecule has 6 nitrogen and oxygen atoms in total. The Morgan fingerprint density at radius 3 is 2.65 bits per heavy atom. The lowest BCUT2D eigenvalue weighted by Crippen LogP contribution is -2.13. The van der Waals surface area contributed by atoms with Gasteiger partial charge in [-0.15, -0.1) is 0 Å². The number of hydrogen-bond donors (Lipinski definition) is 1. The van der Waals surface area contributed by atoms with Gasteiger partial charge in [-0.05, 0) is 55.0 Å². The average Bonchev–Trinajstić information content (AvgIpc) is 3.20. The van der Waals surface area contributed by atoms with Crippen molar-refractivity contribution in [2.45, 2.75) is 13.5 Å². The highest BCUT2D eigenvalue weighted by atomic mass is 16.5. The largest absolute Gasteiger partial charge is 0.489 e. The summed E-state index contributed by atoms with van der Waals surface area (Å²) in [7, 11) is 0. The van der Waals surface area contributed by atoms with Gasteiger partial charge in [0.2, 0.25) is 0 Å². The van der Waals surface area contributed by atoms with Crippen LogP contribution in [0.25, 0.3) is 5.69 Å². The van der Waals surface area contributed by atoms with Crippen molar-refractivity contribution in [1.82, 2.24) is 9.78 Å². The minimum Gasteiger partial charge on any atom is -0.489 e. The van der Waals surface area contributed by atoms with E-state index in [9.17, 15) is 4.79 Å². The van der Waals surface area contributed by atoms with Gasteiger partial charge in [0.15, 0.2) is 5.69 Å². The van der Waals surface area contributed by atoms with Crippen LogP contribution in [0, 0.1) is 18.3 Å². The van der Waals surface area contributed by atoms with E-state index in [2.05, 4.69) is 16.5 Å². The molecule has 1 amide bonds. The normalized spacial score (nSPS) is 10.3. The Balaban J connectivity index is 1.44. The lowest BCUT2D eigenvalue weighted by Gasteiger charge is -2.09. The Morgan fingerprint density at radius 2 is 1.84 bits per heavy atom. The predicted octanol–water partition coefficient (Wildman–Crippen LogP) is 4.88. The van der Waals surface area contributed by atoms with Gasteiger partial charge in [-0.3, -0.25) is 4.79 Å². The topological polar surface area (TPSA) is 79.9 Å². The van der Waals surface area contributed by atoms with Crippen molar-refractivity contribution in [3.05, 3.63) is 107 Å². The van der Waals surface area contributed by atoms with E-state index in [0.717, 1.165) is 16.9 Å². The smallest absolute Gasteiger partial charge is 0.276 e. The standard InChI is InChI=1S/C25H20N4O2/c1-18-13-24(28-29(18)22-10-3-2-4-11-22)25(30)27-21-9-6-12-23(15-21)31-17-20-8-5-7-19(14-20)16-26/h2-15H,17H2,1H3,(H,27,30). The molecule has 1 heterocycles. The Kier molecular flexibility index (Phi) is 5.77. The number of nitrogens with zero attached hydrogens (tertiary/aromatic N) is 3. The van der Waals surface area contributed by atoms with Crippen LogP contribution in [0.5, 0.6) is 5.75 Å². The lowest BCUT2D eigenvalue weighted by molar-refractivity contribution is 0.102. The molecule has 0 unspecified atom stereocenters. The number of carbonyl (C=O) groups excluding carboxylic acids is 1. The molecule has 152 valence electrons. The summed E-state index contributed by atoms with van der Waals surface area (Å²) < 4.78 is 7.56. The predicted molar refractivity (Wildman–Crippen MR) is 118 cm³/mol. The van der Waals surface area contributed by atoms with Crippen molar-refractivity contribution in [3.63, 3.8) is 0 Å². The monoisotopic (exact) mass is 408 g/mol. The van der Waals surface area contributed by atoms with E-state index >= 15 is 0 Å². The van der Waals surface area contributed by atoms with Crippen LogP contribution in [-0.4, -0.2) is 15.7 Å². The molecule has 0 fully saturated rings. The van der Waals surface area contributed by atoms with Gasteiger partial charge in [0.1, 0.15) is 12.4 Å². The molecule has 0 aliphatic heterocycles. The first-order valence-electron chi connectivity index (χ1n) is 9.78. The molecule has 4 aromatic rings. The summed E-state index contributed by atoms with van der Waals surface area (Å²) in [6.45, 7) is 2.24. The number of hydrogen-bond acceptors (Lipinski definition) is 4. The summed E-state index contributed by atoms with van der Waals surface area (Å²) in [4.78, 5) is 12.7. The maximum Gasteiger partial charge on any atom is 0.276 e. The molecule has 0 saturated carbocycles. The number of benzene rings is 3. The zero-order valence-corrected chi connectivity index (χ0v) is 16.9. The summed E-state index contributed by atoms with van der Waals surface area (Å²) in [6, 6.07) is 28.0. The van der Waals surface area contributed by atoms with E-state index in [1.807, 2.05) is 61.5 Å². The SMILES string of the molecule is Cc1cc(C(=O)Nc2cccc(OCc3cccc(C#N)c3)c2)nn1-c1ccccc1. The Labute approximate surface area is 180 Å². The Bertz CT molecular complexity index is 1260. The maximum atomic E-state index is 12.7. The molecule has 1 N–H and O–H groups in total. The summed E-state index contributed by atoms with van der Waals surface area (Å²) in [5.74, 6) is 0.322. The third-order valence-corrected chi connectivity index (χ3v) is 4.67. The van der Waals surface area contributed by atoms with Gasteiger partial charge in [-0.25, -0.2) is 4.68 Å². The summed E-state index contributed by atoms with van der Waals surface area (Å²) >= 11 is 0. The van der Waals surface area contributed by atoms with Crippen molar-refractivity contribution < 1.29 is 9.53 Å². The Morgan fingerprint density at radius 1 is 1.03 bits per heavy atom. The molecule has 0 aliphatic carbocycles. The van der Waals surface area contributed by atoms with Crippen molar-refractivity contribution in [1.29, 1.82) is 5.26 Å². The highest BCUT2D eigenvalue weighted by Gasteiger charge is 2.14. The quantitative estimate of drug-likeness (QED) is 0.493. The summed E-state index contributed by atoms with van der Waals surface area (Å²) in [5, 5.41) is 16.3. The highest BCUT2D eigenvalue weighted by Crippen LogP contribution is 2.20. The van der Waals surface area contributed by atoms with Gasteiger partial charge in [-0.2, -0.15) is 10.4 Å². The number of anilines is 1. The molecule has 31 heavy (non-hydrogen) atoms. The lowest BCUT2D eigenvalue weighted by atomic mass is 10.1. The van der Waals surface area contributed by atoms with Crippen LogP contribution < -0.4 is 10.1 Å². The van der Waals surface area contributed by atoms with Gasteiger partial charge < -0.3 is 10.1 Å². The van der Waals surface area contributed by atoms with E-state index < -0.39 is 0 Å². The van der Waals surface area contributed by atoms with Crippen LogP contribution in [-0.2, 0) is 6.61 Å². The molecule has 0 aliphatic rings. The van der Waals surface area contributed by atoms with Gasteiger partial charge in [0.25, 0.3) is 5.91 Å². The van der Waals surface area contributed by atoms with E-state index in [4.69, 9.17) is 10.00 Å². The number of aromatic nitrogens is 2. The van der Waals surface area contributed by atoms with Gasteiger partial charge in [-0.1, -0.05) is 36.4 Å². The van der Waals surface area contributed by atoms with E-state index in [0.29, 0.717) is 29.3 Å². The second-order valence-electron chi connectivity index (χ2n) is 7.00. The zero-order chi connectivity index (χ0) is 21.6. The Hall–Kier alpha value is -4.37. The number of para-hydroxylation sites is 1. The molecule has 3 aromatic carbocycles. The second kappa shape index (κ2) is 8.97. The van der Waals surface area contributed by atoms with Gasteiger partial charge in [0.05, 0.1) is 17.3 Å². The first kappa shape index (κ1) is 19.9. The number of amides is 1. The van der Waals surface area contributed by atoms with Crippen molar-refractivity contribution in [2.75, 3.05) is 5.32 Å². The van der Waals surface area contributed by atoms with Crippen LogP contribution in [0.3, 0.4) is 0 Å². The first-order chi connectivity index (χ1) is 15.1. The molecule has 6 heteroatoms. The maximum absolute atomic E-state index is 12.7. The van der Waals surface area contributed by atoms with Crippen LogP contribution >= 0.6 is 0 Å². The van der Waals surface area contributed by atoms with Crippen LogP contribution in [0.2, 0.25) is 0 Å². The van der Waals surface area contributed by atoms with E-state index in [1.54, 1.807) is 35.0 Å². The molecular weight excluding hydrogens is 388 g/mol. The fraction of sp³-hybridized carbons (Fsp3) is 0.0800. The number of nitrogens with one attached hydrogen (secondary N) is 1. The number of aryl methyl sites for hydroxylation is 1.